The number of aliphatic carboxylic acids is 2. The molecule has 2 aromatic rings. The van der Waals surface area contributed by atoms with Crippen LogP contribution in [0.3, 0.4) is 0 Å². The minimum absolute atomic E-state index is 0.0501. The van der Waals surface area contributed by atoms with Crippen molar-refractivity contribution >= 4 is 34.8 Å². The van der Waals surface area contributed by atoms with Gasteiger partial charge in [-0.1, -0.05) is 0 Å². The summed E-state index contributed by atoms with van der Waals surface area (Å²) in [6.45, 7) is 0. The number of aromatic amines is 1. The van der Waals surface area contributed by atoms with Gasteiger partial charge in [0.05, 0.1) is 19.2 Å². The molecule has 0 radical (unpaired) electrons. The van der Waals surface area contributed by atoms with Crippen molar-refractivity contribution in [1.82, 2.24) is 25.3 Å². The van der Waals surface area contributed by atoms with Crippen LogP contribution in [0.2, 0.25) is 0 Å². The van der Waals surface area contributed by atoms with E-state index in [-0.39, 0.29) is 23.7 Å². The second-order valence-corrected chi connectivity index (χ2v) is 4.36. The van der Waals surface area contributed by atoms with Crippen LogP contribution >= 0.6 is 0 Å². The van der Waals surface area contributed by atoms with Crippen LogP contribution in [0.4, 0.5) is 5.82 Å². The summed E-state index contributed by atoms with van der Waals surface area (Å²) in [4.78, 5) is 47.7. The Kier molecular flexibility index (Phi) is 4.15. The molecule has 11 nitrogen and oxygen atoms in total. The minimum Gasteiger partial charge on any atom is -0.481 e. The predicted molar refractivity (Wildman–Crippen MR) is 71.6 cm³/mol. The van der Waals surface area contributed by atoms with Crippen LogP contribution in [0.5, 0.6) is 0 Å². The van der Waals surface area contributed by atoms with E-state index in [4.69, 9.17) is 15.9 Å². The molecule has 116 valence electrons. The number of carbonyl (C=O) groups excluding carboxylic acids is 1. The molecule has 2 rings (SSSR count). The maximum atomic E-state index is 11.8. The number of amides is 1. The topological polar surface area (TPSA) is 184 Å². The number of aromatic nitrogens is 4. The van der Waals surface area contributed by atoms with Crippen LogP contribution in [0.1, 0.15) is 12.2 Å². The molecular formula is C11H12N6O5. The Bertz CT molecular complexity index is 742. The van der Waals surface area contributed by atoms with E-state index < -0.39 is 30.3 Å². The maximum Gasteiger partial charge on any atom is 0.326 e. The van der Waals surface area contributed by atoms with Crippen LogP contribution in [-0.2, 0) is 20.8 Å². The van der Waals surface area contributed by atoms with Gasteiger partial charge in [-0.25, -0.2) is 19.7 Å². The van der Waals surface area contributed by atoms with Crippen molar-refractivity contribution in [2.45, 2.75) is 18.9 Å². The number of carboxylic acids is 2. The van der Waals surface area contributed by atoms with E-state index in [2.05, 4.69) is 25.3 Å². The normalized spacial score (nSPS) is 12.0. The van der Waals surface area contributed by atoms with Crippen molar-refractivity contribution < 1.29 is 24.6 Å². The van der Waals surface area contributed by atoms with Crippen LogP contribution < -0.4 is 11.1 Å². The van der Waals surface area contributed by atoms with Gasteiger partial charge in [-0.3, -0.25) is 9.59 Å². The lowest BCUT2D eigenvalue weighted by atomic mass is 10.2. The average molecular weight is 308 g/mol. The first-order chi connectivity index (χ1) is 10.4. The molecule has 2 aromatic heterocycles. The molecule has 0 spiro atoms. The Morgan fingerprint density at radius 2 is 2.05 bits per heavy atom. The zero-order chi connectivity index (χ0) is 16.3. The Morgan fingerprint density at radius 3 is 2.68 bits per heavy atom. The third kappa shape index (κ3) is 3.45. The van der Waals surface area contributed by atoms with Gasteiger partial charge < -0.3 is 26.2 Å². The zero-order valence-corrected chi connectivity index (χ0v) is 11.1. The fraction of sp³-hybridized carbons (Fsp3) is 0.273. The number of rotatable bonds is 6. The fourth-order valence-corrected chi connectivity index (χ4v) is 1.75. The smallest absolute Gasteiger partial charge is 0.326 e. The van der Waals surface area contributed by atoms with Gasteiger partial charge in [0, 0.05) is 0 Å². The molecule has 22 heavy (non-hydrogen) atoms. The first kappa shape index (κ1) is 15.2. The molecule has 0 aliphatic rings. The Balaban J connectivity index is 2.09. The molecule has 0 unspecified atom stereocenters. The highest BCUT2D eigenvalue weighted by Gasteiger charge is 2.23. The van der Waals surface area contributed by atoms with Crippen LogP contribution in [-0.4, -0.2) is 54.0 Å². The van der Waals surface area contributed by atoms with Gasteiger partial charge in [-0.2, -0.15) is 0 Å². The number of fused-ring (bicyclic) bond motifs is 1. The predicted octanol–water partition coefficient (Wildman–Crippen LogP) is -1.48. The molecule has 0 bridgehead atoms. The van der Waals surface area contributed by atoms with E-state index in [0.29, 0.717) is 5.52 Å². The van der Waals surface area contributed by atoms with Crippen molar-refractivity contribution in [1.29, 1.82) is 0 Å². The number of carboxylic acid groups (broad SMARTS) is 2. The van der Waals surface area contributed by atoms with Crippen molar-refractivity contribution in [3.63, 3.8) is 0 Å². The summed E-state index contributed by atoms with van der Waals surface area (Å²) in [6, 6.07) is -1.53. The Labute approximate surface area is 122 Å². The highest BCUT2D eigenvalue weighted by Crippen LogP contribution is 2.12. The molecule has 0 fully saturated rings. The number of imidazole rings is 1. The number of carbonyl (C=O) groups is 3. The Morgan fingerprint density at radius 1 is 1.32 bits per heavy atom. The van der Waals surface area contributed by atoms with Gasteiger partial charge in [0.25, 0.3) is 0 Å². The highest BCUT2D eigenvalue weighted by molar-refractivity contribution is 5.88. The number of nitrogens with one attached hydrogen (secondary N) is 2. The molecule has 2 heterocycles. The van der Waals surface area contributed by atoms with Gasteiger partial charge in [-0.15, -0.1) is 0 Å². The third-order valence-corrected chi connectivity index (χ3v) is 2.69. The van der Waals surface area contributed by atoms with Crippen molar-refractivity contribution in [2.75, 3.05) is 5.73 Å². The number of hydrogen-bond acceptors (Lipinski definition) is 7. The third-order valence-electron chi connectivity index (χ3n) is 2.69. The SMILES string of the molecule is Nc1nc(CC(=O)N[C@@H](CC(=O)O)C(=O)O)nc2nc[nH]c12. The molecular weight excluding hydrogens is 296 g/mol. The molecule has 0 saturated heterocycles. The van der Waals surface area contributed by atoms with E-state index >= 15 is 0 Å². The summed E-state index contributed by atoms with van der Waals surface area (Å²) < 4.78 is 0. The number of nitrogen functional groups attached to an aromatic ring is 1. The lowest BCUT2D eigenvalue weighted by Crippen LogP contribution is -2.43. The summed E-state index contributed by atoms with van der Waals surface area (Å²) in [5, 5.41) is 19.5. The first-order valence-corrected chi connectivity index (χ1v) is 6.06. The van der Waals surface area contributed by atoms with E-state index in [1.165, 1.54) is 6.33 Å². The van der Waals surface area contributed by atoms with E-state index in [1.807, 2.05) is 0 Å². The maximum absolute atomic E-state index is 11.8. The summed E-state index contributed by atoms with van der Waals surface area (Å²) in [5.74, 6) is -3.37. The number of nitrogens with two attached hydrogens (primary N) is 1. The van der Waals surface area contributed by atoms with E-state index in [9.17, 15) is 14.4 Å². The molecule has 1 atom stereocenters. The standard InChI is InChI=1S/C11H12N6O5/c12-9-8-10(14-3-13-8)17-5(16-9)2-6(18)15-4(11(21)22)1-7(19)20/h3-4H,1-2H2,(H,15,18)(H,19,20)(H,21,22)(H3,12,13,14,16,17)/t4-/m0/s1. The van der Waals surface area contributed by atoms with Gasteiger partial charge in [0.1, 0.15) is 17.4 Å². The van der Waals surface area contributed by atoms with Crippen molar-refractivity contribution in [2.24, 2.45) is 0 Å². The number of hydrogen-bond donors (Lipinski definition) is 5. The van der Waals surface area contributed by atoms with Gasteiger partial charge >= 0.3 is 11.9 Å². The average Bonchev–Trinajstić information content (AvgIpc) is 2.85. The Hall–Kier alpha value is -3.24. The lowest BCUT2D eigenvalue weighted by Gasteiger charge is -2.11. The summed E-state index contributed by atoms with van der Waals surface area (Å²) in [7, 11) is 0. The second kappa shape index (κ2) is 6.03. The second-order valence-electron chi connectivity index (χ2n) is 4.36. The molecule has 0 aliphatic carbocycles. The zero-order valence-electron chi connectivity index (χ0n) is 11.1. The fourth-order valence-electron chi connectivity index (χ4n) is 1.75. The van der Waals surface area contributed by atoms with E-state index in [0.717, 1.165) is 0 Å². The number of nitrogens with zero attached hydrogens (tertiary/aromatic N) is 3. The largest absolute Gasteiger partial charge is 0.481 e. The lowest BCUT2D eigenvalue weighted by molar-refractivity contribution is -0.147. The van der Waals surface area contributed by atoms with Crippen LogP contribution in [0, 0.1) is 0 Å². The molecule has 0 aliphatic heterocycles. The highest BCUT2D eigenvalue weighted by atomic mass is 16.4. The van der Waals surface area contributed by atoms with Gasteiger partial charge in [-0.05, 0) is 0 Å². The molecule has 0 saturated carbocycles. The monoisotopic (exact) mass is 308 g/mol. The molecule has 1 amide bonds. The van der Waals surface area contributed by atoms with Crippen molar-refractivity contribution in [3.8, 4) is 0 Å². The summed E-state index contributed by atoms with van der Waals surface area (Å²) in [5.41, 5.74) is 6.37. The van der Waals surface area contributed by atoms with Crippen LogP contribution in [0.15, 0.2) is 6.33 Å². The quantitative estimate of drug-likeness (QED) is 0.424. The summed E-state index contributed by atoms with van der Waals surface area (Å²) >= 11 is 0. The minimum atomic E-state index is -1.53. The summed E-state index contributed by atoms with van der Waals surface area (Å²) in [6.07, 6.45) is 0.283. The number of anilines is 1. The molecule has 0 aromatic carbocycles. The first-order valence-electron chi connectivity index (χ1n) is 6.06. The van der Waals surface area contributed by atoms with Crippen LogP contribution in [0.25, 0.3) is 11.2 Å². The van der Waals surface area contributed by atoms with Crippen molar-refractivity contribution in [3.05, 3.63) is 12.2 Å². The van der Waals surface area contributed by atoms with Gasteiger partial charge in [0.2, 0.25) is 5.91 Å². The van der Waals surface area contributed by atoms with E-state index in [1.54, 1.807) is 0 Å². The number of H-pyrrole nitrogens is 1. The molecule has 6 N–H and O–H groups in total. The molecule has 11 heteroatoms. The van der Waals surface area contributed by atoms with Gasteiger partial charge in [0.15, 0.2) is 11.5 Å².